The Hall–Kier alpha value is -3.55. The van der Waals surface area contributed by atoms with Gasteiger partial charge in [0.15, 0.2) is 12.7 Å². The Morgan fingerprint density at radius 2 is 1.67 bits per heavy atom. The molecule has 0 aliphatic heterocycles. The molecule has 1 amide bonds. The van der Waals surface area contributed by atoms with Gasteiger partial charge < -0.3 is 19.3 Å². The van der Waals surface area contributed by atoms with E-state index in [1.165, 1.54) is 13.1 Å². The SMILES string of the molecule is COc1ccc(OCC(=O)N/N=C/c2ccc(O[C@@H](C)C(=O)O)cc2)cc1. The fourth-order valence-electron chi connectivity index (χ4n) is 1.92. The lowest BCUT2D eigenvalue weighted by Crippen LogP contribution is -2.24. The zero-order chi connectivity index (χ0) is 19.6. The number of carboxylic acids is 1. The quantitative estimate of drug-likeness (QED) is 0.516. The molecule has 2 rings (SSSR count). The van der Waals surface area contributed by atoms with E-state index in [9.17, 15) is 9.59 Å². The molecule has 0 aromatic heterocycles. The molecule has 0 saturated carbocycles. The van der Waals surface area contributed by atoms with E-state index in [2.05, 4.69) is 10.5 Å². The average molecular weight is 372 g/mol. The molecule has 1 atom stereocenters. The lowest BCUT2D eigenvalue weighted by molar-refractivity contribution is -0.144. The van der Waals surface area contributed by atoms with Crippen molar-refractivity contribution in [3.05, 3.63) is 54.1 Å². The third-order valence-corrected chi connectivity index (χ3v) is 3.37. The Morgan fingerprint density at radius 3 is 2.26 bits per heavy atom. The molecule has 0 spiro atoms. The van der Waals surface area contributed by atoms with Gasteiger partial charge in [-0.25, -0.2) is 10.2 Å². The number of nitrogens with one attached hydrogen (secondary N) is 1. The van der Waals surface area contributed by atoms with Crippen molar-refractivity contribution in [3.8, 4) is 17.2 Å². The Labute approximate surface area is 156 Å². The Kier molecular flexibility index (Phi) is 7.18. The number of nitrogens with zero attached hydrogens (tertiary/aromatic N) is 1. The third kappa shape index (κ3) is 6.69. The number of hydrazone groups is 1. The van der Waals surface area contributed by atoms with Gasteiger partial charge >= 0.3 is 5.97 Å². The number of benzene rings is 2. The van der Waals surface area contributed by atoms with E-state index < -0.39 is 18.0 Å². The zero-order valence-electron chi connectivity index (χ0n) is 14.9. The molecule has 0 heterocycles. The topological polar surface area (TPSA) is 106 Å². The number of methoxy groups -OCH3 is 1. The Bertz CT molecular complexity index is 787. The summed E-state index contributed by atoms with van der Waals surface area (Å²) in [6, 6.07) is 13.5. The van der Waals surface area contributed by atoms with Crippen molar-refractivity contribution in [2.45, 2.75) is 13.0 Å². The number of ether oxygens (including phenoxy) is 3. The van der Waals surface area contributed by atoms with Crippen molar-refractivity contribution in [2.75, 3.05) is 13.7 Å². The summed E-state index contributed by atoms with van der Waals surface area (Å²) in [4.78, 5) is 22.5. The lowest BCUT2D eigenvalue weighted by atomic mass is 10.2. The van der Waals surface area contributed by atoms with Crippen LogP contribution < -0.4 is 19.6 Å². The van der Waals surface area contributed by atoms with Crippen molar-refractivity contribution in [2.24, 2.45) is 5.10 Å². The molecular formula is C19H20N2O6. The van der Waals surface area contributed by atoms with E-state index in [4.69, 9.17) is 19.3 Å². The molecule has 0 bridgehead atoms. The van der Waals surface area contributed by atoms with Gasteiger partial charge in [0.25, 0.3) is 5.91 Å². The fourth-order valence-corrected chi connectivity index (χ4v) is 1.92. The van der Waals surface area contributed by atoms with Crippen LogP contribution in [0.4, 0.5) is 0 Å². The van der Waals surface area contributed by atoms with Crippen molar-refractivity contribution < 1.29 is 28.9 Å². The number of carbonyl (C=O) groups excluding carboxylic acids is 1. The van der Waals surface area contributed by atoms with Crippen LogP contribution in [0.2, 0.25) is 0 Å². The molecule has 0 fully saturated rings. The van der Waals surface area contributed by atoms with E-state index in [1.807, 2.05) is 0 Å². The minimum atomic E-state index is -1.04. The molecule has 0 radical (unpaired) electrons. The summed E-state index contributed by atoms with van der Waals surface area (Å²) in [5, 5.41) is 12.6. The molecule has 8 nitrogen and oxygen atoms in total. The Balaban J connectivity index is 1.76. The molecule has 0 aliphatic rings. The van der Waals surface area contributed by atoms with Gasteiger partial charge in [-0.1, -0.05) is 0 Å². The van der Waals surface area contributed by atoms with Crippen molar-refractivity contribution in [1.82, 2.24) is 5.43 Å². The number of aliphatic carboxylic acids is 1. The van der Waals surface area contributed by atoms with Gasteiger partial charge in [-0.2, -0.15) is 5.10 Å². The standard InChI is InChI=1S/C19H20N2O6/c1-13(19(23)24)27-17-5-3-14(4-6-17)11-20-21-18(22)12-26-16-9-7-15(25-2)8-10-16/h3-11,13H,12H2,1-2H3,(H,21,22)(H,23,24)/b20-11+/t13-/m0/s1. The smallest absolute Gasteiger partial charge is 0.344 e. The maximum atomic E-state index is 11.7. The van der Waals surface area contributed by atoms with Gasteiger partial charge in [-0.05, 0) is 61.0 Å². The first-order valence-corrected chi connectivity index (χ1v) is 8.06. The molecule has 142 valence electrons. The van der Waals surface area contributed by atoms with Crippen LogP contribution in [0.1, 0.15) is 12.5 Å². The van der Waals surface area contributed by atoms with E-state index >= 15 is 0 Å². The maximum Gasteiger partial charge on any atom is 0.344 e. The van der Waals surface area contributed by atoms with Crippen molar-refractivity contribution in [1.29, 1.82) is 0 Å². The first-order valence-electron chi connectivity index (χ1n) is 8.06. The largest absolute Gasteiger partial charge is 0.497 e. The molecule has 0 saturated heterocycles. The van der Waals surface area contributed by atoms with E-state index in [0.717, 1.165) is 0 Å². The summed E-state index contributed by atoms with van der Waals surface area (Å²) in [5.41, 5.74) is 3.07. The highest BCUT2D eigenvalue weighted by Crippen LogP contribution is 2.16. The predicted molar refractivity (Wildman–Crippen MR) is 98.4 cm³/mol. The molecule has 8 heteroatoms. The average Bonchev–Trinajstić information content (AvgIpc) is 2.68. The van der Waals surface area contributed by atoms with Gasteiger partial charge in [0.2, 0.25) is 0 Å². The van der Waals surface area contributed by atoms with Gasteiger partial charge in [0.1, 0.15) is 17.2 Å². The molecule has 0 unspecified atom stereocenters. The molecule has 0 aliphatic carbocycles. The minimum absolute atomic E-state index is 0.177. The zero-order valence-corrected chi connectivity index (χ0v) is 14.9. The first kappa shape index (κ1) is 19.8. The monoisotopic (exact) mass is 372 g/mol. The van der Waals surface area contributed by atoms with Crippen LogP contribution in [0.3, 0.4) is 0 Å². The lowest BCUT2D eigenvalue weighted by Gasteiger charge is -2.09. The van der Waals surface area contributed by atoms with E-state index in [1.54, 1.807) is 55.6 Å². The third-order valence-electron chi connectivity index (χ3n) is 3.37. The highest BCUT2D eigenvalue weighted by Gasteiger charge is 2.11. The maximum absolute atomic E-state index is 11.7. The number of carbonyl (C=O) groups is 2. The highest BCUT2D eigenvalue weighted by atomic mass is 16.5. The van der Waals surface area contributed by atoms with E-state index in [-0.39, 0.29) is 6.61 Å². The van der Waals surface area contributed by atoms with Gasteiger partial charge in [-0.3, -0.25) is 4.79 Å². The minimum Gasteiger partial charge on any atom is -0.497 e. The number of amides is 1. The fraction of sp³-hybridized carbons (Fsp3) is 0.211. The van der Waals surface area contributed by atoms with Crippen LogP contribution in [0, 0.1) is 0 Å². The van der Waals surface area contributed by atoms with Crippen LogP contribution in [-0.2, 0) is 9.59 Å². The summed E-state index contributed by atoms with van der Waals surface area (Å²) >= 11 is 0. The van der Waals surface area contributed by atoms with Gasteiger partial charge in [-0.15, -0.1) is 0 Å². The van der Waals surface area contributed by atoms with Crippen LogP contribution in [0.15, 0.2) is 53.6 Å². The number of hydrogen-bond donors (Lipinski definition) is 2. The molecule has 27 heavy (non-hydrogen) atoms. The van der Waals surface area contributed by atoms with E-state index in [0.29, 0.717) is 22.8 Å². The Morgan fingerprint density at radius 1 is 1.07 bits per heavy atom. The predicted octanol–water partition coefficient (Wildman–Crippen LogP) is 2.08. The highest BCUT2D eigenvalue weighted by molar-refractivity contribution is 5.83. The molecular weight excluding hydrogens is 352 g/mol. The summed E-state index contributed by atoms with van der Waals surface area (Å²) in [5.74, 6) is 0.225. The van der Waals surface area contributed by atoms with Crippen molar-refractivity contribution in [3.63, 3.8) is 0 Å². The second kappa shape index (κ2) is 9.81. The van der Waals surface area contributed by atoms with Crippen LogP contribution in [0.25, 0.3) is 0 Å². The normalized spacial score (nSPS) is 11.6. The summed E-state index contributed by atoms with van der Waals surface area (Å²) < 4.78 is 15.6. The molecule has 2 aromatic rings. The second-order valence-electron chi connectivity index (χ2n) is 5.42. The van der Waals surface area contributed by atoms with Gasteiger partial charge in [0.05, 0.1) is 13.3 Å². The molecule has 2 aromatic carbocycles. The summed E-state index contributed by atoms with van der Waals surface area (Å²) in [6.45, 7) is 1.27. The van der Waals surface area contributed by atoms with Crippen LogP contribution in [-0.4, -0.2) is 43.0 Å². The number of carboxylic acid groups (broad SMARTS) is 1. The molecule has 2 N–H and O–H groups in total. The number of rotatable bonds is 9. The van der Waals surface area contributed by atoms with Crippen LogP contribution in [0.5, 0.6) is 17.2 Å². The van der Waals surface area contributed by atoms with Crippen LogP contribution >= 0.6 is 0 Å². The summed E-state index contributed by atoms with van der Waals surface area (Å²) in [7, 11) is 1.57. The van der Waals surface area contributed by atoms with Gasteiger partial charge in [0, 0.05) is 0 Å². The summed E-state index contributed by atoms with van der Waals surface area (Å²) in [6.07, 6.45) is 0.518. The second-order valence-corrected chi connectivity index (χ2v) is 5.42. The van der Waals surface area contributed by atoms with Crippen molar-refractivity contribution >= 4 is 18.1 Å². The first-order chi connectivity index (χ1) is 13.0. The number of hydrogen-bond acceptors (Lipinski definition) is 6.